The Kier molecular flexibility index (Phi) is 6.61. The lowest BCUT2D eigenvalue weighted by Crippen LogP contribution is -2.40. The van der Waals surface area contributed by atoms with E-state index in [9.17, 15) is 9.59 Å². The number of rotatable bonds is 6. The molecule has 0 aliphatic heterocycles. The molecule has 7 nitrogen and oxygen atoms in total. The van der Waals surface area contributed by atoms with E-state index < -0.39 is 11.8 Å². The summed E-state index contributed by atoms with van der Waals surface area (Å²) in [5.74, 6) is 0.607. The maximum atomic E-state index is 12.1. The van der Waals surface area contributed by atoms with Crippen LogP contribution in [-0.2, 0) is 4.79 Å². The molecule has 0 aromatic heterocycles. The van der Waals surface area contributed by atoms with Crippen LogP contribution in [0, 0.1) is 0 Å². The van der Waals surface area contributed by atoms with Gasteiger partial charge in [0.1, 0.15) is 5.75 Å². The van der Waals surface area contributed by atoms with Gasteiger partial charge in [-0.15, -0.1) is 0 Å². The highest BCUT2D eigenvalue weighted by Crippen LogP contribution is 2.27. The van der Waals surface area contributed by atoms with Crippen LogP contribution in [0.1, 0.15) is 15.9 Å². The summed E-state index contributed by atoms with van der Waals surface area (Å²) in [5.41, 5.74) is 5.71. The molecule has 0 spiro atoms. The molecule has 2 rings (SSSR count). The molecule has 0 atom stereocenters. The van der Waals surface area contributed by atoms with Crippen molar-refractivity contribution >= 4 is 17.9 Å². The number of hydrogen-bond acceptors (Lipinski definition) is 5. The van der Waals surface area contributed by atoms with E-state index in [0.29, 0.717) is 22.8 Å². The number of carbonyl (C=O) groups is 2. The average molecular weight is 356 g/mol. The highest BCUT2D eigenvalue weighted by Gasteiger charge is 2.11. The molecule has 136 valence electrons. The lowest BCUT2D eigenvalue weighted by molar-refractivity contribution is -0.117. The van der Waals surface area contributed by atoms with E-state index in [1.54, 1.807) is 31.4 Å². The van der Waals surface area contributed by atoms with Gasteiger partial charge in [-0.1, -0.05) is 18.2 Å². The number of ether oxygens (including phenoxy) is 3. The summed E-state index contributed by atoms with van der Waals surface area (Å²) in [7, 11) is 4.53. The number of hydrazine groups is 1. The number of benzene rings is 2. The Morgan fingerprint density at radius 1 is 0.846 bits per heavy atom. The number of hydrogen-bond donors (Lipinski definition) is 2. The van der Waals surface area contributed by atoms with Crippen LogP contribution in [0.4, 0.5) is 0 Å². The monoisotopic (exact) mass is 356 g/mol. The van der Waals surface area contributed by atoms with Crippen molar-refractivity contribution < 1.29 is 23.8 Å². The molecule has 2 N–H and O–H groups in total. The molecule has 0 unspecified atom stereocenters. The summed E-state index contributed by atoms with van der Waals surface area (Å²) in [4.78, 5) is 24.0. The largest absolute Gasteiger partial charge is 0.496 e. The number of methoxy groups -OCH3 is 3. The molecule has 0 saturated heterocycles. The van der Waals surface area contributed by atoms with Crippen LogP contribution in [-0.4, -0.2) is 33.1 Å². The van der Waals surface area contributed by atoms with Gasteiger partial charge in [-0.3, -0.25) is 20.4 Å². The molecular formula is C19H20N2O5. The third-order valence-electron chi connectivity index (χ3n) is 3.50. The quantitative estimate of drug-likeness (QED) is 0.612. The lowest BCUT2D eigenvalue weighted by Gasteiger charge is -2.10. The van der Waals surface area contributed by atoms with E-state index in [-0.39, 0.29) is 0 Å². The second-order valence-electron chi connectivity index (χ2n) is 5.09. The second-order valence-corrected chi connectivity index (χ2v) is 5.09. The Labute approximate surface area is 151 Å². The predicted octanol–water partition coefficient (Wildman–Crippen LogP) is 2.19. The number of nitrogens with one attached hydrogen (secondary N) is 2. The fourth-order valence-electron chi connectivity index (χ4n) is 2.18. The van der Waals surface area contributed by atoms with Gasteiger partial charge in [-0.2, -0.15) is 0 Å². The van der Waals surface area contributed by atoms with Crippen molar-refractivity contribution in [2.45, 2.75) is 0 Å². The molecular weight excluding hydrogens is 336 g/mol. The highest BCUT2D eigenvalue weighted by atomic mass is 16.5. The summed E-state index contributed by atoms with van der Waals surface area (Å²) >= 11 is 0. The first-order chi connectivity index (χ1) is 12.6. The standard InChI is InChI=1S/C19H20N2O5/c1-24-15-7-5-4-6-13(15)9-11-18(22)20-21-19(23)14-8-10-16(25-2)17(12-14)26-3/h4-12H,1-3H3,(H,20,22)(H,21,23). The normalized spacial score (nSPS) is 10.3. The molecule has 7 heteroatoms. The summed E-state index contributed by atoms with van der Waals surface area (Å²) in [6.07, 6.45) is 2.89. The minimum atomic E-state index is -0.482. The van der Waals surface area contributed by atoms with Gasteiger partial charge >= 0.3 is 0 Å². The van der Waals surface area contributed by atoms with Gasteiger partial charge in [0.2, 0.25) is 0 Å². The smallest absolute Gasteiger partial charge is 0.269 e. The average Bonchev–Trinajstić information content (AvgIpc) is 2.69. The van der Waals surface area contributed by atoms with Gasteiger partial charge in [0.25, 0.3) is 11.8 Å². The van der Waals surface area contributed by atoms with Crippen LogP contribution in [0.2, 0.25) is 0 Å². The fourth-order valence-corrected chi connectivity index (χ4v) is 2.18. The van der Waals surface area contributed by atoms with Crippen LogP contribution in [0.5, 0.6) is 17.2 Å². The molecule has 0 aliphatic carbocycles. The van der Waals surface area contributed by atoms with Crippen molar-refractivity contribution in [2.75, 3.05) is 21.3 Å². The number of para-hydroxylation sites is 1. The Hall–Kier alpha value is -3.48. The van der Waals surface area contributed by atoms with Crippen molar-refractivity contribution in [3.05, 3.63) is 59.7 Å². The molecule has 2 aromatic carbocycles. The molecule has 26 heavy (non-hydrogen) atoms. The van der Waals surface area contributed by atoms with Gasteiger partial charge in [0.15, 0.2) is 11.5 Å². The van der Waals surface area contributed by atoms with Crippen LogP contribution in [0.25, 0.3) is 6.08 Å². The third kappa shape index (κ3) is 4.76. The molecule has 0 bridgehead atoms. The first-order valence-corrected chi connectivity index (χ1v) is 7.72. The topological polar surface area (TPSA) is 85.9 Å². The van der Waals surface area contributed by atoms with Gasteiger partial charge in [0.05, 0.1) is 21.3 Å². The van der Waals surface area contributed by atoms with Crippen molar-refractivity contribution in [3.63, 3.8) is 0 Å². The lowest BCUT2D eigenvalue weighted by atomic mass is 10.2. The Morgan fingerprint density at radius 3 is 2.23 bits per heavy atom. The first kappa shape index (κ1) is 18.9. The van der Waals surface area contributed by atoms with Gasteiger partial charge in [-0.25, -0.2) is 0 Å². The zero-order valence-electron chi connectivity index (χ0n) is 14.7. The maximum Gasteiger partial charge on any atom is 0.269 e. The summed E-state index contributed by atoms with van der Waals surface area (Å²) in [5, 5.41) is 0. The van der Waals surface area contributed by atoms with Crippen molar-refractivity contribution in [2.24, 2.45) is 0 Å². The van der Waals surface area contributed by atoms with Crippen LogP contribution >= 0.6 is 0 Å². The Bertz CT molecular complexity index is 817. The van der Waals surface area contributed by atoms with E-state index >= 15 is 0 Å². The second kappa shape index (κ2) is 9.12. The van der Waals surface area contributed by atoms with E-state index in [1.807, 2.05) is 18.2 Å². The van der Waals surface area contributed by atoms with Crippen molar-refractivity contribution in [1.82, 2.24) is 10.9 Å². The molecule has 2 amide bonds. The Morgan fingerprint density at radius 2 is 1.54 bits per heavy atom. The van der Waals surface area contributed by atoms with E-state index in [2.05, 4.69) is 10.9 Å². The number of amides is 2. The molecule has 0 fully saturated rings. The summed E-state index contributed by atoms with van der Waals surface area (Å²) in [6.45, 7) is 0. The van der Waals surface area contributed by atoms with Gasteiger partial charge in [-0.05, 0) is 30.3 Å². The minimum Gasteiger partial charge on any atom is -0.496 e. The third-order valence-corrected chi connectivity index (χ3v) is 3.50. The number of carbonyl (C=O) groups excluding carboxylic acids is 2. The van der Waals surface area contributed by atoms with E-state index in [4.69, 9.17) is 14.2 Å². The molecule has 0 aliphatic rings. The van der Waals surface area contributed by atoms with E-state index in [1.165, 1.54) is 26.4 Å². The fraction of sp³-hybridized carbons (Fsp3) is 0.158. The maximum absolute atomic E-state index is 12.1. The highest BCUT2D eigenvalue weighted by molar-refractivity contribution is 5.98. The minimum absolute atomic E-state index is 0.316. The predicted molar refractivity (Wildman–Crippen MR) is 97.2 cm³/mol. The molecule has 0 radical (unpaired) electrons. The first-order valence-electron chi connectivity index (χ1n) is 7.72. The summed E-state index contributed by atoms with van der Waals surface area (Å²) in [6, 6.07) is 12.0. The molecule has 0 heterocycles. The van der Waals surface area contributed by atoms with Gasteiger partial charge < -0.3 is 14.2 Å². The zero-order valence-corrected chi connectivity index (χ0v) is 14.7. The zero-order chi connectivity index (χ0) is 18.9. The van der Waals surface area contributed by atoms with E-state index in [0.717, 1.165) is 5.56 Å². The molecule has 0 saturated carbocycles. The van der Waals surface area contributed by atoms with Crippen LogP contribution < -0.4 is 25.1 Å². The molecule has 2 aromatic rings. The summed E-state index contributed by atoms with van der Waals surface area (Å²) < 4.78 is 15.5. The van der Waals surface area contributed by atoms with Crippen LogP contribution in [0.3, 0.4) is 0 Å². The SMILES string of the molecule is COc1ccccc1C=CC(=O)NNC(=O)c1ccc(OC)c(OC)c1. The van der Waals surface area contributed by atoms with Crippen LogP contribution in [0.15, 0.2) is 48.5 Å². The van der Waals surface area contributed by atoms with Crippen molar-refractivity contribution in [3.8, 4) is 17.2 Å². The van der Waals surface area contributed by atoms with Gasteiger partial charge in [0, 0.05) is 17.2 Å². The van der Waals surface area contributed by atoms with Crippen molar-refractivity contribution in [1.29, 1.82) is 0 Å². The Balaban J connectivity index is 1.96.